The Morgan fingerprint density at radius 2 is 2.00 bits per heavy atom. The van der Waals surface area contributed by atoms with E-state index in [1.807, 2.05) is 6.07 Å². The van der Waals surface area contributed by atoms with Crippen LogP contribution in [0.25, 0.3) is 0 Å². The van der Waals surface area contributed by atoms with E-state index < -0.39 is 0 Å². The first-order valence-corrected chi connectivity index (χ1v) is 6.14. The molecule has 4 nitrogen and oxygen atoms in total. The third kappa shape index (κ3) is 2.73. The number of hydrogen-bond donors (Lipinski definition) is 1. The van der Waals surface area contributed by atoms with Crippen LogP contribution >= 0.6 is 23.2 Å². The van der Waals surface area contributed by atoms with Crippen LogP contribution in [0.15, 0.2) is 30.3 Å². The molecule has 0 saturated carbocycles. The maximum absolute atomic E-state index is 8.90. The Bertz CT molecular complexity index is 664. The SMILES string of the molecule is CN(c1cccc(C#N)c1)c1nc(N)c(Cl)cc1Cl. The first-order valence-electron chi connectivity index (χ1n) is 5.38. The van der Waals surface area contributed by atoms with Crippen molar-refractivity contribution in [1.82, 2.24) is 4.98 Å². The van der Waals surface area contributed by atoms with Crippen LogP contribution < -0.4 is 10.6 Å². The zero-order valence-corrected chi connectivity index (χ0v) is 11.6. The molecule has 1 heterocycles. The van der Waals surface area contributed by atoms with Gasteiger partial charge in [-0.3, -0.25) is 0 Å². The van der Waals surface area contributed by atoms with Gasteiger partial charge in [0.1, 0.15) is 5.82 Å². The van der Waals surface area contributed by atoms with E-state index in [0.717, 1.165) is 5.69 Å². The van der Waals surface area contributed by atoms with Gasteiger partial charge in [-0.2, -0.15) is 5.26 Å². The highest BCUT2D eigenvalue weighted by Gasteiger charge is 2.13. The van der Waals surface area contributed by atoms with Gasteiger partial charge in [0.05, 0.1) is 21.7 Å². The van der Waals surface area contributed by atoms with E-state index in [2.05, 4.69) is 11.1 Å². The Kier molecular flexibility index (Phi) is 3.79. The molecule has 0 amide bonds. The molecule has 6 heteroatoms. The summed E-state index contributed by atoms with van der Waals surface area (Å²) >= 11 is 12.0. The summed E-state index contributed by atoms with van der Waals surface area (Å²) in [7, 11) is 1.79. The normalized spacial score (nSPS) is 10.0. The molecule has 2 rings (SSSR count). The predicted molar refractivity (Wildman–Crippen MR) is 77.9 cm³/mol. The van der Waals surface area contributed by atoms with Gasteiger partial charge >= 0.3 is 0 Å². The molecule has 0 fully saturated rings. The number of nitriles is 1. The fraction of sp³-hybridized carbons (Fsp3) is 0.0769. The van der Waals surface area contributed by atoms with E-state index in [1.54, 1.807) is 36.2 Å². The van der Waals surface area contributed by atoms with Crippen molar-refractivity contribution in [2.24, 2.45) is 0 Å². The summed E-state index contributed by atoms with van der Waals surface area (Å²) in [5.41, 5.74) is 7.03. The third-order valence-corrected chi connectivity index (χ3v) is 3.20. The lowest BCUT2D eigenvalue weighted by Crippen LogP contribution is -2.13. The lowest BCUT2D eigenvalue weighted by atomic mass is 10.2. The minimum absolute atomic E-state index is 0.212. The quantitative estimate of drug-likeness (QED) is 0.918. The maximum Gasteiger partial charge on any atom is 0.154 e. The van der Waals surface area contributed by atoms with Crippen molar-refractivity contribution in [2.45, 2.75) is 0 Å². The van der Waals surface area contributed by atoms with Crippen LogP contribution in [-0.2, 0) is 0 Å². The van der Waals surface area contributed by atoms with Gasteiger partial charge in [0.15, 0.2) is 5.82 Å². The second-order valence-electron chi connectivity index (χ2n) is 3.88. The Morgan fingerprint density at radius 3 is 2.68 bits per heavy atom. The highest BCUT2D eigenvalue weighted by atomic mass is 35.5. The van der Waals surface area contributed by atoms with E-state index >= 15 is 0 Å². The molecule has 0 aliphatic rings. The Hall–Kier alpha value is -1.96. The summed E-state index contributed by atoms with van der Waals surface area (Å²) in [6.07, 6.45) is 0. The fourth-order valence-corrected chi connectivity index (χ4v) is 2.10. The first kappa shape index (κ1) is 13.5. The van der Waals surface area contributed by atoms with E-state index in [0.29, 0.717) is 21.4 Å². The fourth-order valence-electron chi connectivity index (χ4n) is 1.61. The lowest BCUT2D eigenvalue weighted by molar-refractivity contribution is 1.13. The Morgan fingerprint density at radius 1 is 1.26 bits per heavy atom. The van der Waals surface area contributed by atoms with E-state index in [1.165, 1.54) is 0 Å². The number of aromatic nitrogens is 1. The van der Waals surface area contributed by atoms with Crippen LogP contribution in [-0.4, -0.2) is 12.0 Å². The van der Waals surface area contributed by atoms with Crippen LogP contribution in [0.5, 0.6) is 0 Å². The van der Waals surface area contributed by atoms with Gasteiger partial charge in [-0.15, -0.1) is 0 Å². The number of nitrogens with zero attached hydrogens (tertiary/aromatic N) is 3. The van der Waals surface area contributed by atoms with E-state index in [4.69, 9.17) is 34.2 Å². The van der Waals surface area contributed by atoms with Gasteiger partial charge in [0.25, 0.3) is 0 Å². The first-order chi connectivity index (χ1) is 9.02. The van der Waals surface area contributed by atoms with E-state index in [9.17, 15) is 0 Å². The number of benzene rings is 1. The monoisotopic (exact) mass is 292 g/mol. The summed E-state index contributed by atoms with van der Waals surface area (Å²) in [4.78, 5) is 5.91. The van der Waals surface area contributed by atoms with Gasteiger partial charge < -0.3 is 10.6 Å². The van der Waals surface area contributed by atoms with Gasteiger partial charge in [0.2, 0.25) is 0 Å². The summed E-state index contributed by atoms with van der Waals surface area (Å²) in [5, 5.41) is 9.61. The molecule has 0 aliphatic heterocycles. The summed E-state index contributed by atoms with van der Waals surface area (Å²) < 4.78 is 0. The second-order valence-corrected chi connectivity index (χ2v) is 4.70. The molecule has 96 valence electrons. The standard InChI is InChI=1S/C13H10Cl2N4/c1-19(9-4-2-3-8(5-9)7-16)13-11(15)6-10(14)12(17)18-13/h2-6H,1H3,(H2,17,18). The minimum atomic E-state index is 0.212. The van der Waals surface area contributed by atoms with Crippen LogP contribution in [0, 0.1) is 11.3 Å². The minimum Gasteiger partial charge on any atom is -0.382 e. The molecule has 1 aromatic carbocycles. The average Bonchev–Trinajstić information content (AvgIpc) is 2.42. The molecule has 0 spiro atoms. The predicted octanol–water partition coefficient (Wildman–Crippen LogP) is 3.61. The molecule has 0 radical (unpaired) electrons. The van der Waals surface area contributed by atoms with Crippen molar-refractivity contribution in [3.05, 3.63) is 45.9 Å². The number of pyridine rings is 1. The van der Waals surface area contributed by atoms with Crippen molar-refractivity contribution in [1.29, 1.82) is 5.26 Å². The number of hydrogen-bond acceptors (Lipinski definition) is 4. The Balaban J connectivity index is 2.47. The highest BCUT2D eigenvalue weighted by Crippen LogP contribution is 2.33. The van der Waals surface area contributed by atoms with E-state index in [-0.39, 0.29) is 5.82 Å². The molecule has 0 atom stereocenters. The molecule has 19 heavy (non-hydrogen) atoms. The smallest absolute Gasteiger partial charge is 0.154 e. The largest absolute Gasteiger partial charge is 0.382 e. The van der Waals surface area contributed by atoms with Crippen molar-refractivity contribution in [2.75, 3.05) is 17.7 Å². The summed E-state index contributed by atoms with van der Waals surface area (Å²) in [5.74, 6) is 0.697. The lowest BCUT2D eigenvalue weighted by Gasteiger charge is -2.20. The molecule has 0 saturated heterocycles. The topological polar surface area (TPSA) is 65.9 Å². The molecular weight excluding hydrogens is 283 g/mol. The summed E-state index contributed by atoms with van der Waals surface area (Å²) in [6, 6.07) is 10.7. The number of nitrogen functional groups attached to an aromatic ring is 1. The zero-order chi connectivity index (χ0) is 14.0. The van der Waals surface area contributed by atoms with Crippen LogP contribution in [0.4, 0.5) is 17.3 Å². The van der Waals surface area contributed by atoms with Gasteiger partial charge in [-0.05, 0) is 24.3 Å². The van der Waals surface area contributed by atoms with Crippen molar-refractivity contribution in [3.63, 3.8) is 0 Å². The number of nitrogens with two attached hydrogens (primary N) is 1. The maximum atomic E-state index is 8.90. The van der Waals surface area contributed by atoms with Crippen molar-refractivity contribution in [3.8, 4) is 6.07 Å². The third-order valence-electron chi connectivity index (χ3n) is 2.62. The Labute approximate surface area is 121 Å². The molecular formula is C13H10Cl2N4. The van der Waals surface area contributed by atoms with Gasteiger partial charge in [-0.1, -0.05) is 29.3 Å². The second kappa shape index (κ2) is 5.35. The van der Waals surface area contributed by atoms with Crippen LogP contribution in [0.1, 0.15) is 5.56 Å². The van der Waals surface area contributed by atoms with Gasteiger partial charge in [0, 0.05) is 12.7 Å². The number of rotatable bonds is 2. The molecule has 0 aliphatic carbocycles. The molecule has 2 N–H and O–H groups in total. The van der Waals surface area contributed by atoms with Crippen molar-refractivity contribution >= 4 is 40.5 Å². The molecule has 0 unspecified atom stereocenters. The highest BCUT2D eigenvalue weighted by molar-refractivity contribution is 6.37. The number of halogens is 2. The van der Waals surface area contributed by atoms with Crippen LogP contribution in [0.2, 0.25) is 10.0 Å². The van der Waals surface area contributed by atoms with Crippen molar-refractivity contribution < 1.29 is 0 Å². The molecule has 2 aromatic rings. The van der Waals surface area contributed by atoms with Crippen LogP contribution in [0.3, 0.4) is 0 Å². The average molecular weight is 293 g/mol. The number of anilines is 3. The molecule has 1 aromatic heterocycles. The zero-order valence-electron chi connectivity index (χ0n) is 10.1. The molecule has 0 bridgehead atoms. The summed E-state index contributed by atoms with van der Waals surface area (Å²) in [6.45, 7) is 0. The van der Waals surface area contributed by atoms with Gasteiger partial charge in [-0.25, -0.2) is 4.98 Å².